The lowest BCUT2D eigenvalue weighted by atomic mass is 10.1. The molecule has 6 heteroatoms. The molecule has 0 aliphatic carbocycles. The van der Waals surface area contributed by atoms with Gasteiger partial charge in [0.2, 0.25) is 5.91 Å². The van der Waals surface area contributed by atoms with Crippen molar-refractivity contribution in [3.8, 4) is 0 Å². The van der Waals surface area contributed by atoms with Gasteiger partial charge in [-0.3, -0.25) is 4.79 Å². The number of hydrogen-bond acceptors (Lipinski definition) is 4. The van der Waals surface area contributed by atoms with E-state index in [-0.39, 0.29) is 18.1 Å². The molecule has 3 rings (SSSR count). The number of carbonyl (C=O) groups is 2. The van der Waals surface area contributed by atoms with Crippen LogP contribution in [0.1, 0.15) is 21.6 Å². The van der Waals surface area contributed by atoms with Gasteiger partial charge in [0.25, 0.3) is 0 Å². The Kier molecular flexibility index (Phi) is 4.12. The molecule has 0 spiro atoms. The van der Waals surface area contributed by atoms with Gasteiger partial charge in [0.1, 0.15) is 12.2 Å². The number of aryl methyl sites for hydroxylation is 2. The maximum Gasteiger partial charge on any atom is 0.354 e. The molecule has 24 heavy (non-hydrogen) atoms. The first-order valence-electron chi connectivity index (χ1n) is 7.51. The monoisotopic (exact) mass is 326 g/mol. The van der Waals surface area contributed by atoms with E-state index in [9.17, 15) is 9.59 Å². The van der Waals surface area contributed by atoms with Crippen LogP contribution in [0.4, 0.5) is 5.69 Å². The number of ether oxygens (including phenoxy) is 1. The molecule has 1 aromatic carbocycles. The molecule has 2 heterocycles. The Labute approximate surface area is 139 Å². The van der Waals surface area contributed by atoms with Crippen molar-refractivity contribution in [1.82, 2.24) is 4.57 Å². The van der Waals surface area contributed by atoms with Crippen LogP contribution in [0.2, 0.25) is 0 Å². The highest BCUT2D eigenvalue weighted by atomic mass is 16.5. The van der Waals surface area contributed by atoms with Gasteiger partial charge in [-0.25, -0.2) is 4.79 Å². The lowest BCUT2D eigenvalue weighted by molar-refractivity contribution is -0.116. The summed E-state index contributed by atoms with van der Waals surface area (Å²) in [6.07, 6.45) is 1.52. The summed E-state index contributed by atoms with van der Waals surface area (Å²) in [5.74, 6) is -0.746. The number of aromatic nitrogens is 1. The minimum atomic E-state index is -0.513. The van der Waals surface area contributed by atoms with Crippen molar-refractivity contribution in [2.75, 3.05) is 12.4 Å². The van der Waals surface area contributed by atoms with Gasteiger partial charge >= 0.3 is 5.97 Å². The zero-order chi connectivity index (χ0) is 17.3. The van der Waals surface area contributed by atoms with Gasteiger partial charge in [-0.05, 0) is 37.1 Å². The first-order chi connectivity index (χ1) is 11.5. The number of methoxy groups -OCH3 is 1. The molecule has 0 saturated carbocycles. The average molecular weight is 326 g/mol. The van der Waals surface area contributed by atoms with E-state index in [0.29, 0.717) is 11.1 Å². The van der Waals surface area contributed by atoms with Crippen LogP contribution >= 0.6 is 0 Å². The van der Waals surface area contributed by atoms with E-state index in [4.69, 9.17) is 9.15 Å². The van der Waals surface area contributed by atoms with E-state index in [1.54, 1.807) is 16.7 Å². The predicted octanol–water partition coefficient (Wildman–Crippen LogP) is 3.28. The Morgan fingerprint density at radius 2 is 1.88 bits per heavy atom. The normalized spacial score (nSPS) is 10.8. The van der Waals surface area contributed by atoms with Crippen LogP contribution in [-0.4, -0.2) is 23.6 Å². The SMILES string of the molecule is COC(=O)c1cc2occc2n1CC(=O)Nc1cc(C)cc(C)c1. The van der Waals surface area contributed by atoms with Gasteiger partial charge in [0.05, 0.1) is 18.9 Å². The minimum absolute atomic E-state index is 0.0134. The molecule has 1 N–H and O–H groups in total. The van der Waals surface area contributed by atoms with Gasteiger partial charge in [0.15, 0.2) is 5.58 Å². The summed E-state index contributed by atoms with van der Waals surface area (Å²) in [6, 6.07) is 9.12. The Bertz CT molecular complexity index is 900. The predicted molar refractivity (Wildman–Crippen MR) is 90.1 cm³/mol. The number of rotatable bonds is 4. The van der Waals surface area contributed by atoms with E-state index in [0.717, 1.165) is 16.8 Å². The van der Waals surface area contributed by atoms with E-state index < -0.39 is 5.97 Å². The third-order valence-corrected chi connectivity index (χ3v) is 3.72. The van der Waals surface area contributed by atoms with Gasteiger partial charge in [0, 0.05) is 17.8 Å². The highest BCUT2D eigenvalue weighted by Gasteiger charge is 2.19. The fourth-order valence-corrected chi connectivity index (χ4v) is 2.81. The van der Waals surface area contributed by atoms with Gasteiger partial charge in [-0.15, -0.1) is 0 Å². The first kappa shape index (κ1) is 15.9. The van der Waals surface area contributed by atoms with Crippen LogP contribution in [0.5, 0.6) is 0 Å². The molecule has 0 saturated heterocycles. The third-order valence-electron chi connectivity index (χ3n) is 3.72. The van der Waals surface area contributed by atoms with Gasteiger partial charge in [-0.1, -0.05) is 6.07 Å². The molecule has 1 amide bonds. The van der Waals surface area contributed by atoms with Crippen molar-refractivity contribution in [3.63, 3.8) is 0 Å². The molecule has 0 atom stereocenters. The first-order valence-corrected chi connectivity index (χ1v) is 7.51. The number of nitrogens with one attached hydrogen (secondary N) is 1. The third kappa shape index (κ3) is 3.03. The molecule has 0 aliphatic rings. The number of anilines is 1. The summed E-state index contributed by atoms with van der Waals surface area (Å²) < 4.78 is 11.7. The summed E-state index contributed by atoms with van der Waals surface area (Å²) in [5, 5.41) is 2.86. The summed E-state index contributed by atoms with van der Waals surface area (Å²) in [5.41, 5.74) is 4.35. The maximum atomic E-state index is 12.4. The Hall–Kier alpha value is -3.02. The molecule has 0 unspecified atom stereocenters. The maximum absolute atomic E-state index is 12.4. The second-order valence-corrected chi connectivity index (χ2v) is 5.70. The number of benzene rings is 1. The summed E-state index contributed by atoms with van der Waals surface area (Å²) in [4.78, 5) is 24.3. The number of amides is 1. The van der Waals surface area contributed by atoms with Crippen LogP contribution in [-0.2, 0) is 16.1 Å². The van der Waals surface area contributed by atoms with Crippen molar-refractivity contribution in [2.24, 2.45) is 0 Å². The number of hydrogen-bond donors (Lipinski definition) is 1. The lowest BCUT2D eigenvalue weighted by Gasteiger charge is -2.10. The summed E-state index contributed by atoms with van der Waals surface area (Å²) in [7, 11) is 1.30. The smallest absolute Gasteiger partial charge is 0.354 e. The number of esters is 1. The van der Waals surface area contributed by atoms with E-state index in [2.05, 4.69) is 5.32 Å². The Morgan fingerprint density at radius 3 is 2.54 bits per heavy atom. The van der Waals surface area contributed by atoms with Gasteiger partial charge in [-0.2, -0.15) is 0 Å². The molecule has 0 aliphatic heterocycles. The molecule has 124 valence electrons. The quantitative estimate of drug-likeness (QED) is 0.747. The number of fused-ring (bicyclic) bond motifs is 1. The van der Waals surface area contributed by atoms with Crippen LogP contribution in [0.15, 0.2) is 41.0 Å². The molecule has 0 bridgehead atoms. The minimum Gasteiger partial charge on any atom is -0.464 e. The average Bonchev–Trinajstić information content (AvgIpc) is 3.08. The molecular weight excluding hydrogens is 308 g/mol. The molecule has 3 aromatic rings. The Morgan fingerprint density at radius 1 is 1.17 bits per heavy atom. The van der Waals surface area contributed by atoms with Crippen molar-refractivity contribution >= 4 is 28.7 Å². The fourth-order valence-electron chi connectivity index (χ4n) is 2.81. The van der Waals surface area contributed by atoms with Crippen molar-refractivity contribution in [1.29, 1.82) is 0 Å². The van der Waals surface area contributed by atoms with Crippen molar-refractivity contribution < 1.29 is 18.7 Å². The topological polar surface area (TPSA) is 73.5 Å². The van der Waals surface area contributed by atoms with E-state index >= 15 is 0 Å². The van der Waals surface area contributed by atoms with Crippen LogP contribution in [0.25, 0.3) is 11.1 Å². The molecule has 6 nitrogen and oxygen atoms in total. The van der Waals surface area contributed by atoms with Crippen molar-refractivity contribution in [2.45, 2.75) is 20.4 Å². The fraction of sp³-hybridized carbons (Fsp3) is 0.222. The molecule has 0 radical (unpaired) electrons. The highest BCUT2D eigenvalue weighted by molar-refractivity contribution is 5.97. The van der Waals surface area contributed by atoms with Crippen LogP contribution in [0, 0.1) is 13.8 Å². The van der Waals surface area contributed by atoms with Crippen LogP contribution in [0.3, 0.4) is 0 Å². The number of furan rings is 1. The summed E-state index contributed by atoms with van der Waals surface area (Å²) in [6.45, 7) is 3.93. The van der Waals surface area contributed by atoms with E-state index in [1.807, 2.05) is 32.0 Å². The zero-order valence-corrected chi connectivity index (χ0v) is 13.8. The highest BCUT2D eigenvalue weighted by Crippen LogP contribution is 2.22. The number of carbonyl (C=O) groups excluding carboxylic acids is 2. The zero-order valence-electron chi connectivity index (χ0n) is 13.8. The van der Waals surface area contributed by atoms with Crippen LogP contribution < -0.4 is 5.32 Å². The molecular formula is C18H18N2O4. The lowest BCUT2D eigenvalue weighted by Crippen LogP contribution is -2.21. The van der Waals surface area contributed by atoms with E-state index in [1.165, 1.54) is 13.4 Å². The number of nitrogens with zero attached hydrogens (tertiary/aromatic N) is 1. The van der Waals surface area contributed by atoms with Crippen molar-refractivity contribution in [3.05, 3.63) is 53.4 Å². The van der Waals surface area contributed by atoms with Gasteiger partial charge < -0.3 is 19.0 Å². The standard InChI is InChI=1S/C18H18N2O4/c1-11-6-12(2)8-13(7-11)19-17(21)10-20-14-4-5-24-16(14)9-15(20)18(22)23-3/h4-9H,10H2,1-3H3,(H,19,21). The molecule has 0 fully saturated rings. The second kappa shape index (κ2) is 6.23. The summed E-state index contributed by atoms with van der Waals surface area (Å²) >= 11 is 0. The second-order valence-electron chi connectivity index (χ2n) is 5.70. The largest absolute Gasteiger partial charge is 0.464 e. The Balaban J connectivity index is 1.87. The molecule has 2 aromatic heterocycles.